The third kappa shape index (κ3) is 1.18. The van der Waals surface area contributed by atoms with Gasteiger partial charge in [0, 0.05) is 24.7 Å². The van der Waals surface area contributed by atoms with Crippen molar-refractivity contribution in [2.75, 3.05) is 19.6 Å². The smallest absolute Gasteiger partial charge is 0.0281 e. The number of hydrogen-bond donors (Lipinski definition) is 1. The van der Waals surface area contributed by atoms with E-state index in [9.17, 15) is 0 Å². The zero-order valence-electron chi connectivity index (χ0n) is 7.56. The van der Waals surface area contributed by atoms with E-state index in [2.05, 4.69) is 24.1 Å². The van der Waals surface area contributed by atoms with E-state index in [1.54, 1.807) is 0 Å². The second kappa shape index (κ2) is 2.46. The first kappa shape index (κ1) is 7.56. The maximum Gasteiger partial charge on any atom is 0.0281 e. The third-order valence-corrected chi connectivity index (χ3v) is 3.09. The Hall–Kier alpha value is -0.0800. The number of nitrogens with one attached hydrogen (secondary N) is 1. The standard InChI is InChI=1S/C9H18N2/c1-9(2)7-10-6-8-4-3-5-11(8)9/h8,10H,3-7H2,1-2H3/t8-/m0/s1. The molecule has 1 N–H and O–H groups in total. The van der Waals surface area contributed by atoms with Gasteiger partial charge in [-0.3, -0.25) is 4.90 Å². The molecule has 2 fully saturated rings. The lowest BCUT2D eigenvalue weighted by Gasteiger charge is -2.44. The monoisotopic (exact) mass is 154 g/mol. The molecule has 11 heavy (non-hydrogen) atoms. The fraction of sp³-hybridized carbons (Fsp3) is 1.00. The lowest BCUT2D eigenvalue weighted by molar-refractivity contribution is 0.0712. The fourth-order valence-electron chi connectivity index (χ4n) is 2.49. The first-order valence-corrected chi connectivity index (χ1v) is 4.68. The molecule has 2 saturated heterocycles. The van der Waals surface area contributed by atoms with Crippen LogP contribution in [0.1, 0.15) is 26.7 Å². The van der Waals surface area contributed by atoms with Crippen molar-refractivity contribution in [3.8, 4) is 0 Å². The van der Waals surface area contributed by atoms with Crippen LogP contribution in [0.4, 0.5) is 0 Å². The molecule has 1 atom stereocenters. The summed E-state index contributed by atoms with van der Waals surface area (Å²) in [7, 11) is 0. The van der Waals surface area contributed by atoms with Crippen LogP contribution in [-0.4, -0.2) is 36.1 Å². The summed E-state index contributed by atoms with van der Waals surface area (Å²) in [5.41, 5.74) is 0.402. The van der Waals surface area contributed by atoms with E-state index in [0.717, 1.165) is 12.6 Å². The average Bonchev–Trinajstić information content (AvgIpc) is 2.34. The van der Waals surface area contributed by atoms with Gasteiger partial charge in [-0.2, -0.15) is 0 Å². The van der Waals surface area contributed by atoms with Crippen LogP contribution in [0.25, 0.3) is 0 Å². The van der Waals surface area contributed by atoms with Crippen LogP contribution in [-0.2, 0) is 0 Å². The van der Waals surface area contributed by atoms with Crippen molar-refractivity contribution in [1.82, 2.24) is 10.2 Å². The van der Waals surface area contributed by atoms with Crippen LogP contribution in [0.15, 0.2) is 0 Å². The van der Waals surface area contributed by atoms with Gasteiger partial charge in [0.25, 0.3) is 0 Å². The molecule has 0 aromatic rings. The molecule has 2 nitrogen and oxygen atoms in total. The summed E-state index contributed by atoms with van der Waals surface area (Å²) in [5, 5.41) is 3.50. The number of piperazine rings is 1. The average molecular weight is 154 g/mol. The normalized spacial score (nSPS) is 37.1. The molecule has 0 aromatic heterocycles. The Morgan fingerprint density at radius 2 is 2.27 bits per heavy atom. The highest BCUT2D eigenvalue weighted by Crippen LogP contribution is 2.28. The van der Waals surface area contributed by atoms with Crippen LogP contribution in [0.3, 0.4) is 0 Å². The molecule has 0 aromatic carbocycles. The second-order valence-corrected chi connectivity index (χ2v) is 4.43. The number of hydrogen-bond acceptors (Lipinski definition) is 2. The van der Waals surface area contributed by atoms with Gasteiger partial charge >= 0.3 is 0 Å². The minimum atomic E-state index is 0.402. The fourth-order valence-corrected chi connectivity index (χ4v) is 2.49. The molecule has 0 unspecified atom stereocenters. The quantitative estimate of drug-likeness (QED) is 0.556. The van der Waals surface area contributed by atoms with E-state index >= 15 is 0 Å². The maximum atomic E-state index is 3.50. The highest BCUT2D eigenvalue weighted by molar-refractivity contribution is 4.96. The Bertz CT molecular complexity index is 154. The molecule has 0 bridgehead atoms. The maximum absolute atomic E-state index is 3.50. The first-order chi connectivity index (χ1) is 5.20. The van der Waals surface area contributed by atoms with Crippen molar-refractivity contribution in [2.24, 2.45) is 0 Å². The summed E-state index contributed by atoms with van der Waals surface area (Å²) in [4.78, 5) is 2.67. The van der Waals surface area contributed by atoms with Gasteiger partial charge in [0.2, 0.25) is 0 Å². The Kier molecular flexibility index (Phi) is 1.69. The van der Waals surface area contributed by atoms with Crippen LogP contribution < -0.4 is 5.32 Å². The summed E-state index contributed by atoms with van der Waals surface area (Å²) in [6.07, 6.45) is 2.80. The van der Waals surface area contributed by atoms with Gasteiger partial charge in [-0.25, -0.2) is 0 Å². The molecular formula is C9H18N2. The molecule has 2 rings (SSSR count). The molecule has 0 spiro atoms. The van der Waals surface area contributed by atoms with Crippen LogP contribution in [0.2, 0.25) is 0 Å². The van der Waals surface area contributed by atoms with E-state index in [1.807, 2.05) is 0 Å². The van der Waals surface area contributed by atoms with Crippen molar-refractivity contribution in [1.29, 1.82) is 0 Å². The zero-order valence-corrected chi connectivity index (χ0v) is 7.56. The number of fused-ring (bicyclic) bond motifs is 1. The van der Waals surface area contributed by atoms with E-state index in [0.29, 0.717) is 5.54 Å². The summed E-state index contributed by atoms with van der Waals surface area (Å²) < 4.78 is 0. The van der Waals surface area contributed by atoms with Crippen LogP contribution in [0.5, 0.6) is 0 Å². The Morgan fingerprint density at radius 3 is 3.00 bits per heavy atom. The van der Waals surface area contributed by atoms with Crippen molar-refractivity contribution >= 4 is 0 Å². The molecule has 2 heterocycles. The van der Waals surface area contributed by atoms with Gasteiger partial charge in [0.15, 0.2) is 0 Å². The van der Waals surface area contributed by atoms with Gasteiger partial charge in [-0.1, -0.05) is 0 Å². The molecule has 0 aliphatic carbocycles. The largest absolute Gasteiger partial charge is 0.313 e. The number of nitrogens with zero attached hydrogens (tertiary/aromatic N) is 1. The molecule has 0 amide bonds. The molecule has 2 aliphatic heterocycles. The van der Waals surface area contributed by atoms with Crippen LogP contribution in [0, 0.1) is 0 Å². The second-order valence-electron chi connectivity index (χ2n) is 4.43. The highest BCUT2D eigenvalue weighted by Gasteiger charge is 2.38. The van der Waals surface area contributed by atoms with Gasteiger partial charge in [-0.05, 0) is 33.2 Å². The van der Waals surface area contributed by atoms with Crippen LogP contribution >= 0.6 is 0 Å². The molecule has 0 saturated carbocycles. The minimum Gasteiger partial charge on any atom is -0.313 e. The Morgan fingerprint density at radius 1 is 1.45 bits per heavy atom. The highest BCUT2D eigenvalue weighted by atomic mass is 15.3. The van der Waals surface area contributed by atoms with E-state index < -0.39 is 0 Å². The van der Waals surface area contributed by atoms with E-state index in [1.165, 1.54) is 25.9 Å². The van der Waals surface area contributed by atoms with Gasteiger partial charge in [0.1, 0.15) is 0 Å². The van der Waals surface area contributed by atoms with Crippen molar-refractivity contribution < 1.29 is 0 Å². The van der Waals surface area contributed by atoms with Crippen molar-refractivity contribution in [3.05, 3.63) is 0 Å². The summed E-state index contributed by atoms with van der Waals surface area (Å²) in [5.74, 6) is 0. The molecular weight excluding hydrogens is 136 g/mol. The van der Waals surface area contributed by atoms with E-state index in [-0.39, 0.29) is 0 Å². The van der Waals surface area contributed by atoms with Gasteiger partial charge in [0.05, 0.1) is 0 Å². The van der Waals surface area contributed by atoms with E-state index in [4.69, 9.17) is 0 Å². The van der Waals surface area contributed by atoms with Crippen molar-refractivity contribution in [3.63, 3.8) is 0 Å². The van der Waals surface area contributed by atoms with Gasteiger partial charge < -0.3 is 5.32 Å². The topological polar surface area (TPSA) is 15.3 Å². The van der Waals surface area contributed by atoms with Gasteiger partial charge in [-0.15, -0.1) is 0 Å². The first-order valence-electron chi connectivity index (χ1n) is 4.68. The zero-order chi connectivity index (χ0) is 7.90. The lowest BCUT2D eigenvalue weighted by atomic mass is 9.98. The summed E-state index contributed by atoms with van der Waals surface area (Å²) in [6, 6.07) is 0.832. The molecule has 0 radical (unpaired) electrons. The lowest BCUT2D eigenvalue weighted by Crippen LogP contribution is -2.60. The predicted octanol–water partition coefficient (Wildman–Crippen LogP) is 0.833. The summed E-state index contributed by atoms with van der Waals surface area (Å²) >= 11 is 0. The molecule has 2 heteroatoms. The minimum absolute atomic E-state index is 0.402. The predicted molar refractivity (Wildman–Crippen MR) is 46.7 cm³/mol. The number of rotatable bonds is 0. The molecule has 64 valence electrons. The third-order valence-electron chi connectivity index (χ3n) is 3.09. The summed E-state index contributed by atoms with van der Waals surface area (Å²) in [6.45, 7) is 8.38. The molecule has 2 aliphatic rings. The SMILES string of the molecule is CC1(C)CNC[C@@H]2CCCN21. The van der Waals surface area contributed by atoms with Crippen molar-refractivity contribution in [2.45, 2.75) is 38.3 Å². The Balaban J connectivity index is 2.13. The Labute approximate surface area is 69.0 Å².